The van der Waals surface area contributed by atoms with Crippen LogP contribution in [0.25, 0.3) is 0 Å². The van der Waals surface area contributed by atoms with Gasteiger partial charge in [0.2, 0.25) is 0 Å². The first-order valence-corrected chi connectivity index (χ1v) is 9.13. The number of benzene rings is 2. The van der Waals surface area contributed by atoms with Crippen molar-refractivity contribution in [1.82, 2.24) is 10.2 Å². The number of anilines is 1. The van der Waals surface area contributed by atoms with Crippen molar-refractivity contribution in [1.29, 1.82) is 0 Å². The average molecular weight is 446 g/mol. The quantitative estimate of drug-likeness (QED) is 0.495. The lowest BCUT2D eigenvalue weighted by atomic mass is 9.95. The number of aromatic hydroxyl groups is 1. The number of alkyl halides is 3. The molecule has 3 rings (SSSR count). The van der Waals surface area contributed by atoms with E-state index in [2.05, 4.69) is 30.9 Å². The van der Waals surface area contributed by atoms with E-state index in [1.807, 2.05) is 0 Å². The summed E-state index contributed by atoms with van der Waals surface area (Å²) in [4.78, 5) is 2.15. The van der Waals surface area contributed by atoms with Gasteiger partial charge in [-0.05, 0) is 29.8 Å². The molecule has 0 radical (unpaired) electrons. The first-order chi connectivity index (χ1) is 12.8. The fourth-order valence-corrected chi connectivity index (χ4v) is 3.75. The van der Waals surface area contributed by atoms with Crippen molar-refractivity contribution in [2.24, 2.45) is 0 Å². The van der Waals surface area contributed by atoms with E-state index in [9.17, 15) is 18.3 Å². The molecule has 1 saturated heterocycles. The molecule has 1 heterocycles. The lowest BCUT2D eigenvalue weighted by molar-refractivity contribution is -0.274. The van der Waals surface area contributed by atoms with E-state index in [1.54, 1.807) is 24.3 Å². The van der Waals surface area contributed by atoms with Gasteiger partial charge in [-0.25, -0.2) is 0 Å². The van der Waals surface area contributed by atoms with E-state index < -0.39 is 6.36 Å². The van der Waals surface area contributed by atoms with E-state index >= 15 is 0 Å². The second kappa shape index (κ2) is 7.95. The van der Waals surface area contributed by atoms with Crippen LogP contribution in [-0.4, -0.2) is 42.5 Å². The van der Waals surface area contributed by atoms with Crippen LogP contribution < -0.4 is 15.8 Å². The lowest BCUT2D eigenvalue weighted by Gasteiger charge is -2.36. The van der Waals surface area contributed by atoms with Crippen LogP contribution >= 0.6 is 15.9 Å². The van der Waals surface area contributed by atoms with Gasteiger partial charge in [-0.1, -0.05) is 28.1 Å². The molecular weight excluding hydrogens is 427 g/mol. The molecule has 0 unspecified atom stereocenters. The molecule has 4 N–H and O–H groups in total. The van der Waals surface area contributed by atoms with Gasteiger partial charge >= 0.3 is 6.36 Å². The fourth-order valence-electron chi connectivity index (χ4n) is 3.21. The molecule has 9 heteroatoms. The highest BCUT2D eigenvalue weighted by Gasteiger charge is 2.32. The molecule has 1 atom stereocenters. The van der Waals surface area contributed by atoms with Gasteiger partial charge in [0.15, 0.2) is 0 Å². The van der Waals surface area contributed by atoms with Gasteiger partial charge in [-0.15, -0.1) is 13.2 Å². The molecule has 0 saturated carbocycles. The topological polar surface area (TPSA) is 70.8 Å². The fraction of sp³-hybridized carbons (Fsp3) is 0.333. The van der Waals surface area contributed by atoms with E-state index in [-0.39, 0.29) is 23.2 Å². The number of ether oxygens (including phenoxy) is 1. The average Bonchev–Trinajstić information content (AvgIpc) is 2.62. The van der Waals surface area contributed by atoms with Gasteiger partial charge in [0.25, 0.3) is 0 Å². The largest absolute Gasteiger partial charge is 0.573 e. The van der Waals surface area contributed by atoms with E-state index in [1.165, 1.54) is 12.1 Å². The molecule has 27 heavy (non-hydrogen) atoms. The highest BCUT2D eigenvalue weighted by Crippen LogP contribution is 2.42. The third-order valence-electron chi connectivity index (χ3n) is 4.41. The van der Waals surface area contributed by atoms with E-state index in [0.717, 1.165) is 18.7 Å². The van der Waals surface area contributed by atoms with Gasteiger partial charge in [0, 0.05) is 36.2 Å². The second-order valence-electron chi connectivity index (χ2n) is 6.20. The minimum Gasteiger partial charge on any atom is -0.505 e. The first kappa shape index (κ1) is 19.8. The van der Waals surface area contributed by atoms with E-state index in [0.29, 0.717) is 23.1 Å². The summed E-state index contributed by atoms with van der Waals surface area (Å²) >= 11 is 3.47. The van der Waals surface area contributed by atoms with Crippen molar-refractivity contribution in [3.8, 4) is 11.5 Å². The predicted octanol–water partition coefficient (Wildman–Crippen LogP) is 3.63. The highest BCUT2D eigenvalue weighted by atomic mass is 79.9. The number of nitrogen functional groups attached to an aromatic ring is 1. The maximum Gasteiger partial charge on any atom is 0.573 e. The van der Waals surface area contributed by atoms with Crippen molar-refractivity contribution >= 4 is 21.6 Å². The van der Waals surface area contributed by atoms with Crippen molar-refractivity contribution in [3.05, 3.63) is 52.0 Å². The van der Waals surface area contributed by atoms with Crippen LogP contribution in [0.4, 0.5) is 18.9 Å². The Labute approximate surface area is 163 Å². The zero-order chi connectivity index (χ0) is 19.6. The van der Waals surface area contributed by atoms with Crippen molar-refractivity contribution in [2.45, 2.75) is 12.4 Å². The first-order valence-electron chi connectivity index (χ1n) is 8.33. The van der Waals surface area contributed by atoms with Gasteiger partial charge in [0.1, 0.15) is 11.5 Å². The Morgan fingerprint density at radius 2 is 1.74 bits per heavy atom. The van der Waals surface area contributed by atoms with Crippen LogP contribution in [0.15, 0.2) is 40.9 Å². The second-order valence-corrected chi connectivity index (χ2v) is 7.06. The summed E-state index contributed by atoms with van der Waals surface area (Å²) in [6, 6.07) is 8.67. The Morgan fingerprint density at radius 3 is 2.33 bits per heavy atom. The molecule has 0 bridgehead atoms. The van der Waals surface area contributed by atoms with Gasteiger partial charge < -0.3 is 20.9 Å². The van der Waals surface area contributed by atoms with Crippen LogP contribution in [0.1, 0.15) is 17.2 Å². The molecular formula is C18H19BrF3N3O2. The van der Waals surface area contributed by atoms with Crippen molar-refractivity contribution in [3.63, 3.8) is 0 Å². The number of phenols is 1. The summed E-state index contributed by atoms with van der Waals surface area (Å²) in [5.74, 6) is -0.329. The molecule has 146 valence electrons. The number of halogens is 4. The molecule has 5 nitrogen and oxygen atoms in total. The summed E-state index contributed by atoms with van der Waals surface area (Å²) in [7, 11) is 0. The molecule has 0 aliphatic carbocycles. The van der Waals surface area contributed by atoms with Crippen molar-refractivity contribution < 1.29 is 23.0 Å². The molecule has 1 fully saturated rings. The number of nitrogens with two attached hydrogens (primary N) is 1. The highest BCUT2D eigenvalue weighted by molar-refractivity contribution is 9.10. The minimum atomic E-state index is -4.74. The van der Waals surface area contributed by atoms with Crippen LogP contribution in [0, 0.1) is 0 Å². The number of piperazine rings is 1. The maximum atomic E-state index is 12.4. The predicted molar refractivity (Wildman–Crippen MR) is 99.6 cm³/mol. The number of nitrogens with zero attached hydrogens (tertiary/aromatic N) is 1. The monoisotopic (exact) mass is 445 g/mol. The molecule has 1 aliphatic rings. The normalized spacial score (nSPS) is 16.9. The van der Waals surface area contributed by atoms with Gasteiger partial charge in [-0.2, -0.15) is 0 Å². The summed E-state index contributed by atoms with van der Waals surface area (Å²) in [5.41, 5.74) is 7.44. The SMILES string of the molecule is Nc1ccc(Br)c([C@H](c2ccc(OC(F)(F)F)cc2)N2CCNCC2)c1O. The summed E-state index contributed by atoms with van der Waals surface area (Å²) < 4.78 is 41.9. The minimum absolute atomic E-state index is 0.0384. The number of phenolic OH excluding ortho intramolecular Hbond substituents is 1. The summed E-state index contributed by atoms with van der Waals surface area (Å²) in [6.45, 7) is 2.97. The summed E-state index contributed by atoms with van der Waals surface area (Å²) in [6.07, 6.45) is -4.74. The smallest absolute Gasteiger partial charge is 0.505 e. The zero-order valence-electron chi connectivity index (χ0n) is 14.3. The van der Waals surface area contributed by atoms with Crippen LogP contribution in [0.5, 0.6) is 11.5 Å². The van der Waals surface area contributed by atoms with E-state index in [4.69, 9.17) is 5.73 Å². The van der Waals surface area contributed by atoms with Crippen LogP contribution in [0.3, 0.4) is 0 Å². The number of rotatable bonds is 4. The molecule has 0 spiro atoms. The Balaban J connectivity index is 2.02. The van der Waals surface area contributed by atoms with Crippen LogP contribution in [-0.2, 0) is 0 Å². The lowest BCUT2D eigenvalue weighted by Crippen LogP contribution is -2.45. The number of hydrogen-bond acceptors (Lipinski definition) is 5. The van der Waals surface area contributed by atoms with Gasteiger partial charge in [-0.3, -0.25) is 4.90 Å². The Hall–Kier alpha value is -1.97. The van der Waals surface area contributed by atoms with Gasteiger partial charge in [0.05, 0.1) is 11.7 Å². The molecule has 1 aliphatic heterocycles. The zero-order valence-corrected chi connectivity index (χ0v) is 15.8. The third kappa shape index (κ3) is 4.66. The molecule has 0 aromatic heterocycles. The maximum absolute atomic E-state index is 12.4. The third-order valence-corrected chi connectivity index (χ3v) is 5.11. The summed E-state index contributed by atoms with van der Waals surface area (Å²) in [5, 5.41) is 13.8. The number of hydrogen-bond donors (Lipinski definition) is 3. The standard InChI is InChI=1S/C18H19BrF3N3O2/c19-13-5-6-14(23)17(26)15(13)16(25-9-7-24-8-10-25)11-1-3-12(4-2-11)27-18(20,21)22/h1-6,16,24,26H,7-10,23H2/t16-/m0/s1. The Morgan fingerprint density at radius 1 is 1.11 bits per heavy atom. The number of nitrogens with one attached hydrogen (secondary N) is 1. The Kier molecular flexibility index (Phi) is 5.83. The molecule has 2 aromatic carbocycles. The van der Waals surface area contributed by atoms with Crippen LogP contribution in [0.2, 0.25) is 0 Å². The Bertz CT molecular complexity index is 794. The van der Waals surface area contributed by atoms with Crippen molar-refractivity contribution in [2.75, 3.05) is 31.9 Å². The molecule has 2 aromatic rings. The molecule has 0 amide bonds.